The molecule has 0 bridgehead atoms. The van der Waals surface area contributed by atoms with Crippen LogP contribution in [-0.4, -0.2) is 32.2 Å². The molecule has 1 aromatic heterocycles. The Morgan fingerprint density at radius 2 is 2.12 bits per heavy atom. The van der Waals surface area contributed by atoms with Crippen molar-refractivity contribution in [2.75, 3.05) is 23.5 Å². The zero-order chi connectivity index (χ0) is 12.1. The zero-order valence-corrected chi connectivity index (χ0v) is 10.5. The second-order valence-corrected chi connectivity index (χ2v) is 5.33. The molecule has 1 rings (SSSR count). The summed E-state index contributed by atoms with van der Waals surface area (Å²) in [6, 6.07) is 0. The van der Waals surface area contributed by atoms with E-state index >= 15 is 0 Å². The van der Waals surface area contributed by atoms with Gasteiger partial charge in [0.15, 0.2) is 0 Å². The summed E-state index contributed by atoms with van der Waals surface area (Å²) in [6.07, 6.45) is 3.12. The number of aromatic nitrogens is 2. The lowest BCUT2D eigenvalue weighted by atomic mass is 10.3. The summed E-state index contributed by atoms with van der Waals surface area (Å²) in [5.41, 5.74) is 3.34. The summed E-state index contributed by atoms with van der Waals surface area (Å²) in [7, 11) is -0.844. The van der Waals surface area contributed by atoms with E-state index < -0.39 is 10.8 Å². The van der Waals surface area contributed by atoms with Gasteiger partial charge in [0.2, 0.25) is 0 Å². The molecule has 1 aromatic rings. The number of nitrogens with one attached hydrogen (secondary N) is 2. The fraction of sp³-hybridized carbons (Fsp3) is 0.556. The van der Waals surface area contributed by atoms with E-state index in [0.717, 1.165) is 5.56 Å². The van der Waals surface area contributed by atoms with Gasteiger partial charge in [0.1, 0.15) is 18.0 Å². The molecule has 0 spiro atoms. The van der Waals surface area contributed by atoms with Crippen LogP contribution in [0, 0.1) is 6.92 Å². The molecule has 7 heteroatoms. The van der Waals surface area contributed by atoms with Gasteiger partial charge in [-0.25, -0.2) is 15.8 Å². The van der Waals surface area contributed by atoms with E-state index in [1.54, 1.807) is 6.26 Å². The monoisotopic (exact) mass is 243 g/mol. The third-order valence-corrected chi connectivity index (χ3v) is 3.64. The van der Waals surface area contributed by atoms with Crippen molar-refractivity contribution in [1.82, 2.24) is 9.97 Å². The molecule has 0 aliphatic carbocycles. The van der Waals surface area contributed by atoms with Crippen molar-refractivity contribution in [3.05, 3.63) is 11.9 Å². The predicted octanol–water partition coefficient (Wildman–Crippen LogP) is 0.250. The molecule has 0 aromatic carbocycles. The number of nitrogens with zero attached hydrogens (tertiary/aromatic N) is 2. The number of hydrogen-bond donors (Lipinski definition) is 3. The Bertz CT molecular complexity index is 384. The lowest BCUT2D eigenvalue weighted by Crippen LogP contribution is -2.22. The SMILES string of the molecule is Cc1c(NN)ncnc1NCC(C)S(C)=O. The van der Waals surface area contributed by atoms with Gasteiger partial charge in [-0.2, -0.15) is 0 Å². The fourth-order valence-electron chi connectivity index (χ4n) is 1.13. The molecule has 90 valence electrons. The minimum Gasteiger partial charge on any atom is -0.368 e. The van der Waals surface area contributed by atoms with Crippen molar-refractivity contribution in [3.63, 3.8) is 0 Å². The van der Waals surface area contributed by atoms with Gasteiger partial charge in [-0.05, 0) is 13.8 Å². The van der Waals surface area contributed by atoms with Crippen LogP contribution in [0.3, 0.4) is 0 Å². The van der Waals surface area contributed by atoms with E-state index in [-0.39, 0.29) is 5.25 Å². The van der Waals surface area contributed by atoms with E-state index in [4.69, 9.17) is 5.84 Å². The van der Waals surface area contributed by atoms with Crippen molar-refractivity contribution < 1.29 is 4.21 Å². The molecule has 6 nitrogen and oxygen atoms in total. The molecular weight excluding hydrogens is 226 g/mol. The molecule has 0 aliphatic heterocycles. The Kier molecular flexibility index (Phi) is 4.63. The Balaban J connectivity index is 2.71. The van der Waals surface area contributed by atoms with Crippen LogP contribution >= 0.6 is 0 Å². The first kappa shape index (κ1) is 12.9. The van der Waals surface area contributed by atoms with Gasteiger partial charge in [-0.3, -0.25) is 4.21 Å². The smallest absolute Gasteiger partial charge is 0.148 e. The third-order valence-electron chi connectivity index (χ3n) is 2.34. The predicted molar refractivity (Wildman–Crippen MR) is 66.6 cm³/mol. The molecule has 16 heavy (non-hydrogen) atoms. The number of hydrogen-bond acceptors (Lipinski definition) is 6. The molecular formula is C9H17N5OS. The van der Waals surface area contributed by atoms with Gasteiger partial charge in [0.25, 0.3) is 0 Å². The van der Waals surface area contributed by atoms with Crippen LogP contribution in [0.25, 0.3) is 0 Å². The van der Waals surface area contributed by atoms with E-state index in [2.05, 4.69) is 20.7 Å². The molecule has 0 saturated carbocycles. The first-order valence-electron chi connectivity index (χ1n) is 4.90. The maximum Gasteiger partial charge on any atom is 0.148 e. The molecule has 2 unspecified atom stereocenters. The van der Waals surface area contributed by atoms with Crippen LogP contribution in [-0.2, 0) is 10.8 Å². The van der Waals surface area contributed by atoms with Crippen LogP contribution in [0.1, 0.15) is 12.5 Å². The lowest BCUT2D eigenvalue weighted by molar-refractivity contribution is 0.678. The van der Waals surface area contributed by atoms with Crippen molar-refractivity contribution in [3.8, 4) is 0 Å². The van der Waals surface area contributed by atoms with E-state index in [1.165, 1.54) is 6.33 Å². The second kappa shape index (κ2) is 5.76. The van der Waals surface area contributed by atoms with E-state index in [9.17, 15) is 4.21 Å². The second-order valence-electron chi connectivity index (χ2n) is 3.53. The number of anilines is 2. The van der Waals surface area contributed by atoms with Crippen LogP contribution in [0.2, 0.25) is 0 Å². The number of rotatable bonds is 5. The maximum absolute atomic E-state index is 11.2. The molecule has 0 radical (unpaired) electrons. The van der Waals surface area contributed by atoms with Crippen LogP contribution in [0.15, 0.2) is 6.33 Å². The first-order valence-corrected chi connectivity index (χ1v) is 6.52. The summed E-state index contributed by atoms with van der Waals surface area (Å²) in [4.78, 5) is 8.07. The quantitative estimate of drug-likeness (QED) is 0.507. The lowest BCUT2D eigenvalue weighted by Gasteiger charge is -2.13. The summed E-state index contributed by atoms with van der Waals surface area (Å²) >= 11 is 0. The summed E-state index contributed by atoms with van der Waals surface area (Å²) in [6.45, 7) is 4.39. The van der Waals surface area contributed by atoms with Gasteiger partial charge in [-0.1, -0.05) is 0 Å². The van der Waals surface area contributed by atoms with Gasteiger partial charge in [-0.15, -0.1) is 0 Å². The largest absolute Gasteiger partial charge is 0.368 e. The Morgan fingerprint density at radius 3 is 2.69 bits per heavy atom. The highest BCUT2D eigenvalue weighted by Crippen LogP contribution is 2.16. The molecule has 0 amide bonds. The van der Waals surface area contributed by atoms with Crippen LogP contribution in [0.5, 0.6) is 0 Å². The zero-order valence-electron chi connectivity index (χ0n) is 9.65. The van der Waals surface area contributed by atoms with Gasteiger partial charge >= 0.3 is 0 Å². The van der Waals surface area contributed by atoms with E-state index in [0.29, 0.717) is 18.2 Å². The number of hydrazine groups is 1. The highest BCUT2D eigenvalue weighted by molar-refractivity contribution is 7.84. The molecule has 2 atom stereocenters. The fourth-order valence-corrected chi connectivity index (χ4v) is 1.45. The highest BCUT2D eigenvalue weighted by atomic mass is 32.2. The van der Waals surface area contributed by atoms with Gasteiger partial charge in [0.05, 0.1) is 0 Å². The summed E-state index contributed by atoms with van der Waals surface area (Å²) < 4.78 is 11.2. The minimum atomic E-state index is -0.844. The highest BCUT2D eigenvalue weighted by Gasteiger charge is 2.09. The van der Waals surface area contributed by atoms with Gasteiger partial charge < -0.3 is 10.7 Å². The molecule has 0 aliphatic rings. The molecule has 0 saturated heterocycles. The summed E-state index contributed by atoms with van der Waals surface area (Å²) in [5.74, 6) is 6.60. The average molecular weight is 243 g/mol. The third kappa shape index (κ3) is 3.14. The van der Waals surface area contributed by atoms with Crippen LogP contribution < -0.4 is 16.6 Å². The first-order chi connectivity index (χ1) is 7.56. The van der Waals surface area contributed by atoms with E-state index in [1.807, 2.05) is 13.8 Å². The van der Waals surface area contributed by atoms with Crippen molar-refractivity contribution >= 4 is 22.4 Å². The Labute approximate surface area is 97.5 Å². The van der Waals surface area contributed by atoms with Crippen molar-refractivity contribution in [1.29, 1.82) is 0 Å². The molecule has 1 heterocycles. The average Bonchev–Trinajstić information content (AvgIpc) is 2.27. The number of nitrogen functional groups attached to an aromatic ring is 1. The Hall–Kier alpha value is -1.21. The Morgan fingerprint density at radius 1 is 1.50 bits per heavy atom. The number of nitrogens with two attached hydrogens (primary N) is 1. The minimum absolute atomic E-state index is 0.0728. The van der Waals surface area contributed by atoms with Crippen molar-refractivity contribution in [2.24, 2.45) is 5.84 Å². The van der Waals surface area contributed by atoms with Crippen LogP contribution in [0.4, 0.5) is 11.6 Å². The maximum atomic E-state index is 11.2. The topological polar surface area (TPSA) is 92.9 Å². The summed E-state index contributed by atoms with van der Waals surface area (Å²) in [5, 5.41) is 3.20. The molecule has 0 fully saturated rings. The normalized spacial score (nSPS) is 14.2. The van der Waals surface area contributed by atoms with Crippen molar-refractivity contribution in [2.45, 2.75) is 19.1 Å². The standard InChI is InChI=1S/C9H17N5OS/c1-6(16(3)15)4-11-8-7(2)9(14-10)13-5-12-8/h5-6H,4,10H2,1-3H3,(H2,11,12,13,14). The van der Waals surface area contributed by atoms with Gasteiger partial charge in [0, 0.05) is 34.4 Å². The molecule has 4 N–H and O–H groups in total.